The molecule has 0 N–H and O–H groups in total. The Kier molecular flexibility index (Phi) is 11.3. The van der Waals surface area contributed by atoms with Gasteiger partial charge in [-0.05, 0) is 115 Å². The maximum Gasteiger partial charge on any atom is 0.494 e. The van der Waals surface area contributed by atoms with Gasteiger partial charge in [0.05, 0.1) is 22.4 Å². The SMILES string of the molecule is CCCCCCCCC(CCCCCCCC)n1c2cc(B3OC(C)(C)C(C)(C)O3)cc3c2c2c(cc(B4OC(C)(C)C(C)(C)O4)cc21)CC3. The highest BCUT2D eigenvalue weighted by atomic mass is 16.7. The molecule has 0 amide bonds. The van der Waals surface area contributed by atoms with Crippen LogP contribution in [0.1, 0.15) is 176 Å². The second-order valence-electron chi connectivity index (χ2n) is 18.0. The molecule has 0 atom stereocenters. The van der Waals surface area contributed by atoms with Gasteiger partial charge in [-0.25, -0.2) is 0 Å². The number of hydrogen-bond donors (Lipinski definition) is 0. The van der Waals surface area contributed by atoms with Gasteiger partial charge in [0.2, 0.25) is 0 Å². The number of rotatable bonds is 17. The van der Waals surface area contributed by atoms with Crippen LogP contribution in [0, 0.1) is 0 Å². The van der Waals surface area contributed by atoms with E-state index in [1.54, 1.807) is 0 Å². The van der Waals surface area contributed by atoms with Crippen LogP contribution in [0.15, 0.2) is 24.3 Å². The third-order valence-corrected chi connectivity index (χ3v) is 13.1. The molecule has 2 aliphatic heterocycles. The molecule has 1 aromatic heterocycles. The molecule has 0 spiro atoms. The molecule has 0 bridgehead atoms. The molecule has 5 nitrogen and oxygen atoms in total. The third kappa shape index (κ3) is 7.37. The van der Waals surface area contributed by atoms with E-state index >= 15 is 0 Å². The average molecular weight is 684 g/mol. The molecule has 2 aromatic carbocycles. The summed E-state index contributed by atoms with van der Waals surface area (Å²) in [6, 6.07) is 10.1. The Balaban J connectivity index is 1.46. The Hall–Kier alpha value is -1.79. The first-order valence-electron chi connectivity index (χ1n) is 20.5. The van der Waals surface area contributed by atoms with E-state index in [0.717, 1.165) is 23.8 Å². The van der Waals surface area contributed by atoms with Crippen molar-refractivity contribution in [3.8, 4) is 0 Å². The van der Waals surface area contributed by atoms with Gasteiger partial charge in [0, 0.05) is 27.8 Å². The van der Waals surface area contributed by atoms with Gasteiger partial charge in [0.25, 0.3) is 0 Å². The van der Waals surface area contributed by atoms with E-state index in [1.165, 1.54) is 123 Å². The molecule has 7 heteroatoms. The fourth-order valence-corrected chi connectivity index (χ4v) is 8.52. The molecule has 0 saturated carbocycles. The summed E-state index contributed by atoms with van der Waals surface area (Å²) in [5.41, 5.74) is 6.39. The topological polar surface area (TPSA) is 41.9 Å². The van der Waals surface area contributed by atoms with Crippen LogP contribution >= 0.6 is 0 Å². The zero-order chi connectivity index (χ0) is 35.9. The van der Waals surface area contributed by atoms with E-state index in [9.17, 15) is 0 Å². The summed E-state index contributed by atoms with van der Waals surface area (Å²) < 4.78 is 29.5. The molecule has 0 radical (unpaired) electrons. The second kappa shape index (κ2) is 14.9. The highest BCUT2D eigenvalue weighted by molar-refractivity contribution is 6.63. The van der Waals surface area contributed by atoms with Gasteiger partial charge in [-0.2, -0.15) is 0 Å². The van der Waals surface area contributed by atoms with Crippen molar-refractivity contribution in [2.24, 2.45) is 0 Å². The van der Waals surface area contributed by atoms with Gasteiger partial charge in [-0.3, -0.25) is 0 Å². The molecule has 2 fully saturated rings. The van der Waals surface area contributed by atoms with Gasteiger partial charge < -0.3 is 23.2 Å². The molecule has 0 unspecified atom stereocenters. The van der Waals surface area contributed by atoms with Crippen LogP contribution in [-0.2, 0) is 31.5 Å². The van der Waals surface area contributed by atoms with E-state index < -0.39 is 0 Å². The van der Waals surface area contributed by atoms with E-state index in [2.05, 4.69) is 98.1 Å². The molecule has 3 aliphatic rings. The smallest absolute Gasteiger partial charge is 0.399 e. The minimum Gasteiger partial charge on any atom is -0.399 e. The lowest BCUT2D eigenvalue weighted by atomic mass is 9.74. The lowest BCUT2D eigenvalue weighted by Crippen LogP contribution is -2.41. The quantitative estimate of drug-likeness (QED) is 0.105. The first-order chi connectivity index (χ1) is 23.7. The standard InChI is InChI=1S/C43H67B2NO4/c1-11-13-15-17-19-21-23-35(24-22-20-18-16-14-12-2)46-36-29-33(44-47-40(3,4)41(5,6)48-44)27-31-25-26-32-28-34(30-37(46)39(32)38(31)36)45-49-42(7,8)43(9,10)50-45/h27-30,35H,11-26H2,1-10H3. The first-order valence-corrected chi connectivity index (χ1v) is 20.5. The molecule has 3 heterocycles. The van der Waals surface area contributed by atoms with E-state index in [0.29, 0.717) is 6.04 Å². The number of unbranched alkanes of at least 4 members (excludes halogenated alkanes) is 10. The van der Waals surface area contributed by atoms with Crippen molar-refractivity contribution in [3.05, 3.63) is 35.4 Å². The first kappa shape index (κ1) is 38.0. The largest absolute Gasteiger partial charge is 0.494 e. The molecule has 3 aromatic rings. The zero-order valence-corrected chi connectivity index (χ0v) is 33.4. The van der Waals surface area contributed by atoms with Crippen LogP contribution in [0.25, 0.3) is 21.8 Å². The summed E-state index contributed by atoms with van der Waals surface area (Å²) in [6.45, 7) is 21.9. The minimum atomic E-state index is -0.375. The van der Waals surface area contributed by atoms with Gasteiger partial charge in [-0.15, -0.1) is 0 Å². The molecule has 6 rings (SSSR count). The molecule has 1 aliphatic carbocycles. The van der Waals surface area contributed by atoms with Gasteiger partial charge >= 0.3 is 14.2 Å². The van der Waals surface area contributed by atoms with Crippen LogP contribution < -0.4 is 10.9 Å². The van der Waals surface area contributed by atoms with E-state index in [1.807, 2.05) is 0 Å². The van der Waals surface area contributed by atoms with Gasteiger partial charge in [0.15, 0.2) is 0 Å². The highest BCUT2D eigenvalue weighted by Crippen LogP contribution is 2.44. The minimum absolute atomic E-state index is 0.371. The Morgan fingerprint density at radius 1 is 0.520 bits per heavy atom. The summed E-state index contributed by atoms with van der Waals surface area (Å²) in [6.07, 6.45) is 20.3. The number of aryl methyl sites for hydroxylation is 2. The predicted molar refractivity (Wildman–Crippen MR) is 213 cm³/mol. The lowest BCUT2D eigenvalue weighted by Gasteiger charge is -2.32. The Labute approximate surface area is 305 Å². The number of benzene rings is 2. The van der Waals surface area contributed by atoms with Crippen molar-refractivity contribution in [2.45, 2.75) is 200 Å². The van der Waals surface area contributed by atoms with Crippen molar-refractivity contribution >= 4 is 47.0 Å². The van der Waals surface area contributed by atoms with Crippen LogP contribution in [0.4, 0.5) is 0 Å². The monoisotopic (exact) mass is 684 g/mol. The average Bonchev–Trinajstić information content (AvgIpc) is 3.59. The zero-order valence-electron chi connectivity index (χ0n) is 33.4. The van der Waals surface area contributed by atoms with Crippen LogP contribution in [0.5, 0.6) is 0 Å². The van der Waals surface area contributed by atoms with Crippen LogP contribution in [-0.4, -0.2) is 41.2 Å². The maximum absolute atomic E-state index is 6.67. The lowest BCUT2D eigenvalue weighted by molar-refractivity contribution is 0.00578. The van der Waals surface area contributed by atoms with E-state index in [-0.39, 0.29) is 36.6 Å². The van der Waals surface area contributed by atoms with Crippen LogP contribution in [0.3, 0.4) is 0 Å². The fourth-order valence-electron chi connectivity index (χ4n) is 8.52. The highest BCUT2D eigenvalue weighted by Gasteiger charge is 2.53. The van der Waals surface area contributed by atoms with Crippen molar-refractivity contribution in [2.75, 3.05) is 0 Å². The maximum atomic E-state index is 6.67. The number of hydrogen-bond acceptors (Lipinski definition) is 4. The summed E-state index contributed by atoms with van der Waals surface area (Å²) in [7, 11) is -0.742. The summed E-state index contributed by atoms with van der Waals surface area (Å²) >= 11 is 0. The molecular weight excluding hydrogens is 616 g/mol. The van der Waals surface area contributed by atoms with Crippen molar-refractivity contribution in [3.63, 3.8) is 0 Å². The Morgan fingerprint density at radius 3 is 1.22 bits per heavy atom. The Morgan fingerprint density at radius 2 is 0.860 bits per heavy atom. The summed E-state index contributed by atoms with van der Waals surface area (Å²) in [4.78, 5) is 0. The predicted octanol–water partition coefficient (Wildman–Crippen LogP) is 10.5. The fraction of sp³-hybridized carbons (Fsp3) is 0.721. The van der Waals surface area contributed by atoms with Gasteiger partial charge in [0.1, 0.15) is 0 Å². The van der Waals surface area contributed by atoms with Crippen molar-refractivity contribution in [1.29, 1.82) is 0 Å². The van der Waals surface area contributed by atoms with Crippen molar-refractivity contribution < 1.29 is 18.6 Å². The van der Waals surface area contributed by atoms with Crippen LogP contribution in [0.2, 0.25) is 0 Å². The van der Waals surface area contributed by atoms with Crippen molar-refractivity contribution in [1.82, 2.24) is 4.57 Å². The molecule has 2 saturated heterocycles. The summed E-state index contributed by atoms with van der Waals surface area (Å²) in [5, 5.41) is 2.88. The second-order valence-corrected chi connectivity index (χ2v) is 18.0. The molecule has 50 heavy (non-hydrogen) atoms. The third-order valence-electron chi connectivity index (χ3n) is 13.1. The van der Waals surface area contributed by atoms with Gasteiger partial charge in [-0.1, -0.05) is 103 Å². The summed E-state index contributed by atoms with van der Waals surface area (Å²) in [5.74, 6) is 0. The van der Waals surface area contributed by atoms with E-state index in [4.69, 9.17) is 18.6 Å². The molecular formula is C43H67B2NO4. The number of nitrogens with zero attached hydrogens (tertiary/aromatic N) is 1. The molecule has 274 valence electrons. The normalized spacial score (nSPS) is 20.4. The Bertz CT molecular complexity index is 1490. The number of aromatic nitrogens is 1.